The Morgan fingerprint density at radius 1 is 1.23 bits per heavy atom. The zero-order valence-electron chi connectivity index (χ0n) is 17.9. The van der Waals surface area contributed by atoms with Crippen molar-refractivity contribution in [3.8, 4) is 0 Å². The van der Waals surface area contributed by atoms with E-state index >= 15 is 0 Å². The molecule has 0 aliphatic carbocycles. The molecule has 30 heavy (non-hydrogen) atoms. The lowest BCUT2D eigenvalue weighted by Gasteiger charge is -2.35. The molecular weight excluding hydrogens is 387 g/mol. The third-order valence-electron chi connectivity index (χ3n) is 5.17. The molecule has 0 saturated carbocycles. The summed E-state index contributed by atoms with van der Waals surface area (Å²) >= 11 is 0. The Hall–Kier alpha value is -2.94. The second-order valence-corrected chi connectivity index (χ2v) is 8.58. The summed E-state index contributed by atoms with van der Waals surface area (Å²) in [6.45, 7) is 9.99. The Kier molecular flexibility index (Phi) is 6.12. The van der Waals surface area contributed by atoms with Crippen LogP contribution in [0.2, 0.25) is 0 Å². The average molecular weight is 417 g/mol. The van der Waals surface area contributed by atoms with E-state index in [9.17, 15) is 14.0 Å². The normalized spacial score (nSPS) is 21.8. The van der Waals surface area contributed by atoms with Gasteiger partial charge in [0.25, 0.3) is 0 Å². The molecule has 162 valence electrons. The van der Waals surface area contributed by atoms with Crippen molar-refractivity contribution in [2.24, 2.45) is 5.92 Å². The lowest BCUT2D eigenvalue weighted by Crippen LogP contribution is -2.57. The number of nitrogens with zero attached hydrogens (tertiary/aromatic N) is 2. The van der Waals surface area contributed by atoms with Crippen molar-refractivity contribution in [1.29, 1.82) is 0 Å². The number of hydrogen-bond acceptors (Lipinski definition) is 4. The molecule has 1 aromatic carbocycles. The van der Waals surface area contributed by atoms with Crippen LogP contribution >= 0.6 is 0 Å². The van der Waals surface area contributed by atoms with Gasteiger partial charge in [0.1, 0.15) is 11.6 Å². The van der Waals surface area contributed by atoms with Crippen LogP contribution in [-0.4, -0.2) is 27.8 Å². The van der Waals surface area contributed by atoms with Crippen molar-refractivity contribution in [3.63, 3.8) is 0 Å². The summed E-state index contributed by atoms with van der Waals surface area (Å²) in [6.07, 6.45) is 0.136. The molecule has 1 fully saturated rings. The summed E-state index contributed by atoms with van der Waals surface area (Å²) < 4.78 is 14.7. The van der Waals surface area contributed by atoms with Crippen LogP contribution in [0.1, 0.15) is 53.0 Å². The molecule has 0 bridgehead atoms. The van der Waals surface area contributed by atoms with Gasteiger partial charge in [-0.2, -0.15) is 5.10 Å². The number of carbonyl (C=O) groups excluding carboxylic acids is 2. The summed E-state index contributed by atoms with van der Waals surface area (Å²) in [5.74, 6) is -0.132. The summed E-state index contributed by atoms with van der Waals surface area (Å²) in [7, 11) is 0. The zero-order valence-corrected chi connectivity index (χ0v) is 17.9. The second-order valence-electron chi connectivity index (χ2n) is 8.58. The molecule has 3 amide bonds. The Labute approximate surface area is 175 Å². The number of rotatable bonds is 4. The molecule has 2 heterocycles. The van der Waals surface area contributed by atoms with Crippen LogP contribution < -0.4 is 21.3 Å². The molecule has 0 radical (unpaired) electrons. The smallest absolute Gasteiger partial charge is 0.322 e. The predicted octanol–water partition coefficient (Wildman–Crippen LogP) is 3.55. The van der Waals surface area contributed by atoms with Crippen molar-refractivity contribution < 1.29 is 14.0 Å². The van der Waals surface area contributed by atoms with Crippen LogP contribution in [0, 0.1) is 11.7 Å². The van der Waals surface area contributed by atoms with E-state index in [4.69, 9.17) is 0 Å². The first kappa shape index (κ1) is 21.8. The molecule has 3 rings (SSSR count). The fourth-order valence-corrected chi connectivity index (χ4v) is 3.41. The topological polar surface area (TPSA) is 100 Å². The van der Waals surface area contributed by atoms with E-state index in [1.807, 2.05) is 34.6 Å². The third kappa shape index (κ3) is 4.79. The van der Waals surface area contributed by atoms with Crippen LogP contribution in [0.3, 0.4) is 0 Å². The first-order valence-corrected chi connectivity index (χ1v) is 10.1. The van der Waals surface area contributed by atoms with Gasteiger partial charge in [0.15, 0.2) is 6.29 Å². The molecule has 9 heteroatoms. The Bertz CT molecular complexity index is 919. The first-order chi connectivity index (χ1) is 14.1. The van der Waals surface area contributed by atoms with Gasteiger partial charge in [-0.15, -0.1) is 0 Å². The van der Waals surface area contributed by atoms with Crippen molar-refractivity contribution >= 4 is 23.4 Å². The minimum absolute atomic E-state index is 0.0445. The van der Waals surface area contributed by atoms with Gasteiger partial charge >= 0.3 is 6.03 Å². The molecular formula is C21H29FN6O2. The summed E-state index contributed by atoms with van der Waals surface area (Å²) in [5.41, 5.74) is 0.964. The maximum Gasteiger partial charge on any atom is 0.324 e. The Balaban J connectivity index is 1.84. The molecule has 3 atom stereocenters. The van der Waals surface area contributed by atoms with Crippen LogP contribution in [-0.2, 0) is 10.2 Å². The quantitative estimate of drug-likeness (QED) is 0.612. The number of nitrogens with one attached hydrogen (secondary N) is 4. The molecule has 4 N–H and O–H groups in total. The zero-order chi connectivity index (χ0) is 22.1. The van der Waals surface area contributed by atoms with E-state index in [1.165, 1.54) is 24.3 Å². The lowest BCUT2D eigenvalue weighted by molar-refractivity contribution is -0.130. The third-order valence-corrected chi connectivity index (χ3v) is 5.17. The number of anilines is 2. The van der Waals surface area contributed by atoms with Crippen LogP contribution in [0.15, 0.2) is 30.3 Å². The Morgan fingerprint density at radius 3 is 2.47 bits per heavy atom. The number of hydrogen-bond donors (Lipinski definition) is 4. The molecule has 0 spiro atoms. The van der Waals surface area contributed by atoms with Crippen LogP contribution in [0.4, 0.5) is 20.7 Å². The highest BCUT2D eigenvalue weighted by Gasteiger charge is 2.35. The van der Waals surface area contributed by atoms with Gasteiger partial charge < -0.3 is 10.6 Å². The number of halogens is 1. The SMILES string of the molecule is CCC1C(=O)NC(n2nc(C(C)(C)C)cc2NC(=O)Nc2ccc(F)cc2)NC1C. The van der Waals surface area contributed by atoms with Gasteiger partial charge in [-0.05, 0) is 37.6 Å². The van der Waals surface area contributed by atoms with Gasteiger partial charge in [0.05, 0.1) is 11.6 Å². The number of amides is 3. The maximum absolute atomic E-state index is 13.1. The average Bonchev–Trinajstić information content (AvgIpc) is 3.07. The van der Waals surface area contributed by atoms with Gasteiger partial charge in [0.2, 0.25) is 5.91 Å². The highest BCUT2D eigenvalue weighted by molar-refractivity contribution is 5.99. The van der Waals surface area contributed by atoms with E-state index in [-0.39, 0.29) is 29.1 Å². The summed E-state index contributed by atoms with van der Waals surface area (Å²) in [6, 6.07) is 6.73. The van der Waals surface area contributed by atoms with Crippen molar-refractivity contribution in [2.45, 2.75) is 58.8 Å². The van der Waals surface area contributed by atoms with E-state index in [2.05, 4.69) is 26.4 Å². The monoisotopic (exact) mass is 416 g/mol. The molecule has 3 unspecified atom stereocenters. The van der Waals surface area contributed by atoms with Gasteiger partial charge in [-0.1, -0.05) is 27.7 Å². The fourth-order valence-electron chi connectivity index (χ4n) is 3.41. The number of urea groups is 1. The summed E-state index contributed by atoms with van der Waals surface area (Å²) in [5, 5.41) is 16.4. The van der Waals surface area contributed by atoms with E-state index in [0.717, 1.165) is 12.1 Å². The molecule has 1 saturated heterocycles. The molecule has 2 aromatic rings. The van der Waals surface area contributed by atoms with Crippen LogP contribution in [0.25, 0.3) is 0 Å². The number of benzene rings is 1. The second kappa shape index (κ2) is 8.43. The minimum Gasteiger partial charge on any atom is -0.322 e. The van der Waals surface area contributed by atoms with Crippen molar-refractivity contribution in [3.05, 3.63) is 41.8 Å². The standard InChI is InChI=1S/C21H29FN6O2/c1-6-15-12(2)23-19(26-18(15)29)28-17(11-16(27-28)21(3,4)5)25-20(30)24-14-9-7-13(22)8-10-14/h7-12,15,19,23H,6H2,1-5H3,(H,26,29)(H2,24,25,30). The fraction of sp³-hybridized carbons (Fsp3) is 0.476. The number of aromatic nitrogens is 2. The van der Waals surface area contributed by atoms with Crippen LogP contribution in [0.5, 0.6) is 0 Å². The van der Waals surface area contributed by atoms with Crippen molar-refractivity contribution in [1.82, 2.24) is 20.4 Å². The predicted molar refractivity (Wildman–Crippen MR) is 114 cm³/mol. The van der Waals surface area contributed by atoms with Crippen molar-refractivity contribution in [2.75, 3.05) is 10.6 Å². The molecule has 8 nitrogen and oxygen atoms in total. The van der Waals surface area contributed by atoms with E-state index < -0.39 is 12.3 Å². The van der Waals surface area contributed by atoms with Gasteiger partial charge in [0, 0.05) is 23.2 Å². The Morgan fingerprint density at radius 2 is 1.90 bits per heavy atom. The molecule has 1 aliphatic heterocycles. The largest absolute Gasteiger partial charge is 0.324 e. The summed E-state index contributed by atoms with van der Waals surface area (Å²) in [4.78, 5) is 25.0. The molecule has 1 aromatic heterocycles. The number of carbonyl (C=O) groups is 2. The first-order valence-electron chi connectivity index (χ1n) is 10.1. The highest BCUT2D eigenvalue weighted by atomic mass is 19.1. The van der Waals surface area contributed by atoms with Gasteiger partial charge in [-0.25, -0.2) is 13.9 Å². The van der Waals surface area contributed by atoms with E-state index in [0.29, 0.717) is 11.5 Å². The maximum atomic E-state index is 13.1. The minimum atomic E-state index is -0.590. The van der Waals surface area contributed by atoms with E-state index in [1.54, 1.807) is 10.7 Å². The molecule has 1 aliphatic rings. The lowest BCUT2D eigenvalue weighted by atomic mass is 9.92. The van der Waals surface area contributed by atoms with Gasteiger partial charge in [-0.3, -0.25) is 15.4 Å². The highest BCUT2D eigenvalue weighted by Crippen LogP contribution is 2.27.